The fourth-order valence-corrected chi connectivity index (χ4v) is 3.31. The molecule has 2 heterocycles. The fourth-order valence-electron chi connectivity index (χ4n) is 2.09. The SMILES string of the molecule is CCN(c1cc(Cl)ncn1)C1CCSCC1. The third-order valence-electron chi connectivity index (χ3n) is 2.89. The van der Waals surface area contributed by atoms with E-state index in [9.17, 15) is 0 Å². The largest absolute Gasteiger partial charge is 0.354 e. The Morgan fingerprint density at radius 1 is 1.44 bits per heavy atom. The number of anilines is 1. The second-order valence-corrected chi connectivity index (χ2v) is 5.44. The molecule has 0 aliphatic carbocycles. The molecular formula is C11H16ClN3S. The highest BCUT2D eigenvalue weighted by molar-refractivity contribution is 7.99. The molecule has 0 spiro atoms. The van der Waals surface area contributed by atoms with Gasteiger partial charge in [0.2, 0.25) is 0 Å². The van der Waals surface area contributed by atoms with E-state index in [1.54, 1.807) is 0 Å². The molecule has 0 atom stereocenters. The first-order valence-corrected chi connectivity index (χ1v) is 7.16. The third-order valence-corrected chi connectivity index (χ3v) is 4.14. The highest BCUT2D eigenvalue weighted by atomic mass is 35.5. The van der Waals surface area contributed by atoms with Crippen LogP contribution in [0.25, 0.3) is 0 Å². The summed E-state index contributed by atoms with van der Waals surface area (Å²) < 4.78 is 0. The summed E-state index contributed by atoms with van der Waals surface area (Å²) in [6.45, 7) is 3.14. The van der Waals surface area contributed by atoms with Crippen LogP contribution < -0.4 is 4.90 Å². The number of halogens is 1. The molecule has 16 heavy (non-hydrogen) atoms. The van der Waals surface area contributed by atoms with E-state index < -0.39 is 0 Å². The minimum Gasteiger partial charge on any atom is -0.354 e. The van der Waals surface area contributed by atoms with Crippen molar-refractivity contribution in [1.82, 2.24) is 9.97 Å². The van der Waals surface area contributed by atoms with Crippen molar-refractivity contribution in [1.29, 1.82) is 0 Å². The van der Waals surface area contributed by atoms with Crippen LogP contribution in [0.3, 0.4) is 0 Å². The van der Waals surface area contributed by atoms with E-state index >= 15 is 0 Å². The Labute approximate surface area is 106 Å². The summed E-state index contributed by atoms with van der Waals surface area (Å²) in [6.07, 6.45) is 4.01. The van der Waals surface area contributed by atoms with Gasteiger partial charge in [0.25, 0.3) is 0 Å². The molecule has 0 amide bonds. The van der Waals surface area contributed by atoms with Crippen LogP contribution in [0.4, 0.5) is 5.82 Å². The summed E-state index contributed by atoms with van der Waals surface area (Å²) in [4.78, 5) is 10.6. The number of hydrogen-bond donors (Lipinski definition) is 0. The molecular weight excluding hydrogens is 242 g/mol. The smallest absolute Gasteiger partial charge is 0.134 e. The summed E-state index contributed by atoms with van der Waals surface area (Å²) in [5.41, 5.74) is 0. The summed E-state index contributed by atoms with van der Waals surface area (Å²) in [6, 6.07) is 2.46. The van der Waals surface area contributed by atoms with E-state index in [0.29, 0.717) is 11.2 Å². The van der Waals surface area contributed by atoms with Crippen LogP contribution in [-0.4, -0.2) is 34.1 Å². The van der Waals surface area contributed by atoms with Gasteiger partial charge in [-0.3, -0.25) is 0 Å². The maximum Gasteiger partial charge on any atom is 0.134 e. The second kappa shape index (κ2) is 5.73. The molecule has 2 rings (SSSR count). The first-order chi connectivity index (χ1) is 7.81. The maximum absolute atomic E-state index is 5.90. The van der Waals surface area contributed by atoms with E-state index in [1.165, 1.54) is 30.7 Å². The van der Waals surface area contributed by atoms with Crippen LogP contribution in [0.1, 0.15) is 19.8 Å². The summed E-state index contributed by atoms with van der Waals surface area (Å²) in [5, 5.41) is 0.522. The van der Waals surface area contributed by atoms with Gasteiger partial charge >= 0.3 is 0 Å². The molecule has 1 fully saturated rings. The van der Waals surface area contributed by atoms with E-state index in [1.807, 2.05) is 17.8 Å². The summed E-state index contributed by atoms with van der Waals surface area (Å²) in [7, 11) is 0. The van der Waals surface area contributed by atoms with Gasteiger partial charge in [-0.05, 0) is 31.3 Å². The Bertz CT molecular complexity index is 342. The van der Waals surface area contributed by atoms with E-state index in [4.69, 9.17) is 11.6 Å². The van der Waals surface area contributed by atoms with E-state index in [0.717, 1.165) is 12.4 Å². The average Bonchev–Trinajstić information content (AvgIpc) is 2.31. The topological polar surface area (TPSA) is 29.0 Å². The van der Waals surface area contributed by atoms with Crippen LogP contribution in [0.15, 0.2) is 12.4 Å². The molecule has 88 valence electrons. The van der Waals surface area contributed by atoms with Crippen molar-refractivity contribution in [2.45, 2.75) is 25.8 Å². The van der Waals surface area contributed by atoms with Crippen LogP contribution >= 0.6 is 23.4 Å². The predicted molar refractivity (Wildman–Crippen MR) is 70.4 cm³/mol. The Kier molecular flexibility index (Phi) is 4.29. The zero-order valence-electron chi connectivity index (χ0n) is 9.40. The van der Waals surface area contributed by atoms with Crippen molar-refractivity contribution in [2.24, 2.45) is 0 Å². The Morgan fingerprint density at radius 2 is 2.19 bits per heavy atom. The quantitative estimate of drug-likeness (QED) is 0.779. The highest BCUT2D eigenvalue weighted by Crippen LogP contribution is 2.25. The van der Waals surface area contributed by atoms with Gasteiger partial charge in [-0.25, -0.2) is 9.97 Å². The molecule has 1 saturated heterocycles. The standard InChI is InChI=1S/C11H16ClN3S/c1-2-15(9-3-5-16-6-4-9)11-7-10(12)13-8-14-11/h7-9H,2-6H2,1H3. The summed E-state index contributed by atoms with van der Waals surface area (Å²) in [5.74, 6) is 3.46. The van der Waals surface area contributed by atoms with Crippen molar-refractivity contribution in [3.8, 4) is 0 Å². The maximum atomic E-state index is 5.90. The Hall–Kier alpha value is -0.480. The monoisotopic (exact) mass is 257 g/mol. The Morgan fingerprint density at radius 3 is 2.81 bits per heavy atom. The van der Waals surface area contributed by atoms with Crippen molar-refractivity contribution >= 4 is 29.2 Å². The van der Waals surface area contributed by atoms with Crippen LogP contribution in [0.5, 0.6) is 0 Å². The van der Waals surface area contributed by atoms with Crippen molar-refractivity contribution in [3.63, 3.8) is 0 Å². The molecule has 3 nitrogen and oxygen atoms in total. The van der Waals surface area contributed by atoms with Gasteiger partial charge in [0.1, 0.15) is 17.3 Å². The van der Waals surface area contributed by atoms with Crippen LogP contribution in [0.2, 0.25) is 5.15 Å². The molecule has 0 aromatic carbocycles. The van der Waals surface area contributed by atoms with Gasteiger partial charge in [-0.15, -0.1) is 0 Å². The van der Waals surface area contributed by atoms with E-state index in [2.05, 4.69) is 21.8 Å². The molecule has 0 N–H and O–H groups in total. The molecule has 1 aromatic heterocycles. The number of hydrogen-bond acceptors (Lipinski definition) is 4. The van der Waals surface area contributed by atoms with E-state index in [-0.39, 0.29) is 0 Å². The molecule has 1 aromatic rings. The zero-order chi connectivity index (χ0) is 11.4. The van der Waals surface area contributed by atoms with Gasteiger partial charge in [-0.2, -0.15) is 11.8 Å². The molecule has 1 aliphatic heterocycles. The minimum absolute atomic E-state index is 0.522. The van der Waals surface area contributed by atoms with Crippen LogP contribution in [0, 0.1) is 0 Å². The van der Waals surface area contributed by atoms with Gasteiger partial charge in [0.15, 0.2) is 0 Å². The lowest BCUT2D eigenvalue weighted by Crippen LogP contribution is -2.38. The molecule has 0 bridgehead atoms. The number of nitrogens with zero attached hydrogens (tertiary/aromatic N) is 3. The molecule has 0 radical (unpaired) electrons. The van der Waals surface area contributed by atoms with Gasteiger partial charge in [0, 0.05) is 18.7 Å². The minimum atomic E-state index is 0.522. The van der Waals surface area contributed by atoms with Crippen molar-refractivity contribution in [2.75, 3.05) is 23.0 Å². The van der Waals surface area contributed by atoms with Gasteiger partial charge in [-0.1, -0.05) is 11.6 Å². The second-order valence-electron chi connectivity index (χ2n) is 3.83. The highest BCUT2D eigenvalue weighted by Gasteiger charge is 2.21. The molecule has 0 saturated carbocycles. The predicted octanol–water partition coefficient (Wildman–Crippen LogP) is 2.85. The summed E-state index contributed by atoms with van der Waals surface area (Å²) >= 11 is 7.94. The molecule has 1 aliphatic rings. The first-order valence-electron chi connectivity index (χ1n) is 5.63. The normalized spacial score (nSPS) is 17.4. The lowest BCUT2D eigenvalue weighted by Gasteiger charge is -2.34. The van der Waals surface area contributed by atoms with Gasteiger partial charge < -0.3 is 4.90 Å². The zero-order valence-corrected chi connectivity index (χ0v) is 11.0. The van der Waals surface area contributed by atoms with Gasteiger partial charge in [0.05, 0.1) is 0 Å². The van der Waals surface area contributed by atoms with Crippen LogP contribution in [-0.2, 0) is 0 Å². The molecule has 5 heteroatoms. The third kappa shape index (κ3) is 2.80. The lowest BCUT2D eigenvalue weighted by molar-refractivity contribution is 0.558. The van der Waals surface area contributed by atoms with Crippen molar-refractivity contribution < 1.29 is 0 Å². The number of aromatic nitrogens is 2. The number of thioether (sulfide) groups is 1. The first kappa shape index (κ1) is 12.0. The number of rotatable bonds is 3. The molecule has 0 unspecified atom stereocenters. The van der Waals surface area contributed by atoms with Crippen molar-refractivity contribution in [3.05, 3.63) is 17.5 Å². The lowest BCUT2D eigenvalue weighted by atomic mass is 10.1. The average molecular weight is 258 g/mol. The fraction of sp³-hybridized carbons (Fsp3) is 0.636. The Balaban J connectivity index is 2.14.